The van der Waals surface area contributed by atoms with Crippen LogP contribution in [0.5, 0.6) is 5.75 Å². The standard InChI is InChI=1S/C16H19NO3/c1-2-9-19-16-12(18)10-14(16)20-13-7-3-5-11-6-4-8-17-15(11)13/h3-8,12,14,16,18H,2,9-10H2,1H3. The number of aliphatic hydroxyl groups is 1. The monoisotopic (exact) mass is 273 g/mol. The Morgan fingerprint density at radius 1 is 1.30 bits per heavy atom. The summed E-state index contributed by atoms with van der Waals surface area (Å²) in [5, 5.41) is 10.8. The summed E-state index contributed by atoms with van der Waals surface area (Å²) in [5.74, 6) is 0.755. The van der Waals surface area contributed by atoms with E-state index in [1.807, 2.05) is 30.3 Å². The lowest BCUT2D eigenvalue weighted by Gasteiger charge is -2.40. The van der Waals surface area contributed by atoms with E-state index in [0.717, 1.165) is 23.1 Å². The zero-order valence-corrected chi connectivity index (χ0v) is 11.5. The first-order chi connectivity index (χ1) is 9.79. The lowest BCUT2D eigenvalue weighted by molar-refractivity contribution is -0.162. The zero-order valence-electron chi connectivity index (χ0n) is 11.5. The van der Waals surface area contributed by atoms with Gasteiger partial charge in [0.2, 0.25) is 0 Å². The van der Waals surface area contributed by atoms with Crippen LogP contribution in [-0.2, 0) is 4.74 Å². The molecular formula is C16H19NO3. The summed E-state index contributed by atoms with van der Waals surface area (Å²) in [7, 11) is 0. The summed E-state index contributed by atoms with van der Waals surface area (Å²) >= 11 is 0. The number of rotatable bonds is 5. The number of fused-ring (bicyclic) bond motifs is 1. The van der Waals surface area contributed by atoms with E-state index in [0.29, 0.717) is 13.0 Å². The van der Waals surface area contributed by atoms with E-state index in [1.165, 1.54) is 0 Å². The molecule has 20 heavy (non-hydrogen) atoms. The number of aliphatic hydroxyl groups excluding tert-OH is 1. The number of pyridine rings is 1. The van der Waals surface area contributed by atoms with Crippen molar-refractivity contribution < 1.29 is 14.6 Å². The Labute approximate surface area is 118 Å². The lowest BCUT2D eigenvalue weighted by Crippen LogP contribution is -2.55. The molecule has 1 aliphatic carbocycles. The summed E-state index contributed by atoms with van der Waals surface area (Å²) in [4.78, 5) is 4.37. The fourth-order valence-corrected chi connectivity index (χ4v) is 2.48. The molecule has 1 N–H and O–H groups in total. The van der Waals surface area contributed by atoms with Crippen LogP contribution in [0.15, 0.2) is 36.5 Å². The highest BCUT2D eigenvalue weighted by atomic mass is 16.6. The third kappa shape index (κ3) is 2.49. The fourth-order valence-electron chi connectivity index (χ4n) is 2.48. The van der Waals surface area contributed by atoms with Crippen molar-refractivity contribution in [1.82, 2.24) is 4.98 Å². The van der Waals surface area contributed by atoms with Gasteiger partial charge in [0.1, 0.15) is 23.5 Å². The minimum Gasteiger partial charge on any atom is -0.485 e. The van der Waals surface area contributed by atoms with Crippen LogP contribution >= 0.6 is 0 Å². The maximum atomic E-state index is 9.78. The molecular weight excluding hydrogens is 254 g/mol. The quantitative estimate of drug-likeness (QED) is 0.909. The SMILES string of the molecule is CCCOC1C(O)CC1Oc1cccc2cccnc12. The van der Waals surface area contributed by atoms with Gasteiger partial charge in [-0.1, -0.05) is 25.1 Å². The van der Waals surface area contributed by atoms with Crippen LogP contribution in [0.4, 0.5) is 0 Å². The molecule has 2 aromatic rings. The van der Waals surface area contributed by atoms with Gasteiger partial charge >= 0.3 is 0 Å². The van der Waals surface area contributed by atoms with Gasteiger partial charge in [-0.05, 0) is 18.6 Å². The van der Waals surface area contributed by atoms with Crippen LogP contribution in [-0.4, -0.2) is 35.0 Å². The van der Waals surface area contributed by atoms with Crippen LogP contribution in [0, 0.1) is 0 Å². The molecule has 1 aromatic carbocycles. The van der Waals surface area contributed by atoms with Gasteiger partial charge in [0, 0.05) is 24.6 Å². The number of hydrogen-bond acceptors (Lipinski definition) is 4. The Hall–Kier alpha value is -1.65. The van der Waals surface area contributed by atoms with Crippen molar-refractivity contribution in [2.24, 2.45) is 0 Å². The molecule has 0 amide bonds. The highest BCUT2D eigenvalue weighted by Crippen LogP contribution is 2.32. The first kappa shape index (κ1) is 13.3. The summed E-state index contributed by atoms with van der Waals surface area (Å²) in [6.07, 6.45) is 2.56. The molecule has 1 heterocycles. The molecule has 0 bridgehead atoms. The normalized spacial score (nSPS) is 25.4. The second-order valence-corrected chi connectivity index (χ2v) is 5.13. The van der Waals surface area contributed by atoms with E-state index < -0.39 is 6.10 Å². The van der Waals surface area contributed by atoms with Crippen molar-refractivity contribution >= 4 is 10.9 Å². The Morgan fingerprint density at radius 2 is 2.15 bits per heavy atom. The molecule has 0 spiro atoms. The Balaban J connectivity index is 1.76. The molecule has 4 nitrogen and oxygen atoms in total. The maximum absolute atomic E-state index is 9.78. The molecule has 106 valence electrons. The van der Waals surface area contributed by atoms with Gasteiger partial charge in [-0.2, -0.15) is 0 Å². The van der Waals surface area contributed by atoms with Crippen molar-refractivity contribution in [2.45, 2.75) is 38.1 Å². The van der Waals surface area contributed by atoms with Crippen molar-refractivity contribution in [3.63, 3.8) is 0 Å². The van der Waals surface area contributed by atoms with Crippen LogP contribution in [0.2, 0.25) is 0 Å². The van der Waals surface area contributed by atoms with Crippen LogP contribution in [0.3, 0.4) is 0 Å². The zero-order chi connectivity index (χ0) is 13.9. The predicted octanol–water partition coefficient (Wildman–Crippen LogP) is 2.54. The van der Waals surface area contributed by atoms with Gasteiger partial charge in [-0.3, -0.25) is 4.98 Å². The van der Waals surface area contributed by atoms with Gasteiger partial charge in [0.15, 0.2) is 0 Å². The largest absolute Gasteiger partial charge is 0.485 e. The third-order valence-electron chi connectivity index (χ3n) is 3.61. The fraction of sp³-hybridized carbons (Fsp3) is 0.438. The van der Waals surface area contributed by atoms with Crippen molar-refractivity contribution in [2.75, 3.05) is 6.61 Å². The Morgan fingerprint density at radius 3 is 2.95 bits per heavy atom. The smallest absolute Gasteiger partial charge is 0.146 e. The summed E-state index contributed by atoms with van der Waals surface area (Å²) in [5.41, 5.74) is 0.852. The average molecular weight is 273 g/mol. The van der Waals surface area contributed by atoms with E-state index in [1.54, 1.807) is 6.20 Å². The van der Waals surface area contributed by atoms with Crippen LogP contribution < -0.4 is 4.74 Å². The lowest BCUT2D eigenvalue weighted by atomic mass is 9.88. The number of benzene rings is 1. The number of nitrogens with zero attached hydrogens (tertiary/aromatic N) is 1. The minimum absolute atomic E-state index is 0.0934. The number of hydrogen-bond donors (Lipinski definition) is 1. The summed E-state index contributed by atoms with van der Waals surface area (Å²) in [6, 6.07) is 9.80. The molecule has 3 rings (SSSR count). The Kier molecular flexibility index (Phi) is 3.85. The minimum atomic E-state index is -0.422. The molecule has 1 saturated carbocycles. The van der Waals surface area contributed by atoms with Crippen molar-refractivity contribution in [3.8, 4) is 5.75 Å². The van der Waals surface area contributed by atoms with Crippen LogP contribution in [0.25, 0.3) is 10.9 Å². The van der Waals surface area contributed by atoms with E-state index in [9.17, 15) is 5.11 Å². The van der Waals surface area contributed by atoms with Gasteiger partial charge in [-0.15, -0.1) is 0 Å². The Bertz CT molecular complexity index is 581. The second-order valence-electron chi connectivity index (χ2n) is 5.13. The van der Waals surface area contributed by atoms with E-state index >= 15 is 0 Å². The molecule has 4 heteroatoms. The molecule has 0 aliphatic heterocycles. The molecule has 1 fully saturated rings. The molecule has 3 atom stereocenters. The predicted molar refractivity (Wildman–Crippen MR) is 76.8 cm³/mol. The van der Waals surface area contributed by atoms with Crippen LogP contribution in [0.1, 0.15) is 19.8 Å². The average Bonchev–Trinajstić information content (AvgIpc) is 2.47. The highest BCUT2D eigenvalue weighted by molar-refractivity contribution is 5.84. The van der Waals surface area contributed by atoms with Gasteiger partial charge in [0.25, 0.3) is 0 Å². The van der Waals surface area contributed by atoms with E-state index in [-0.39, 0.29) is 12.2 Å². The summed E-state index contributed by atoms with van der Waals surface area (Å²) < 4.78 is 11.6. The third-order valence-corrected chi connectivity index (χ3v) is 3.61. The highest BCUT2D eigenvalue weighted by Gasteiger charge is 2.43. The number of aromatic nitrogens is 1. The maximum Gasteiger partial charge on any atom is 0.146 e. The summed E-state index contributed by atoms with van der Waals surface area (Å²) in [6.45, 7) is 2.70. The van der Waals surface area contributed by atoms with E-state index in [2.05, 4.69) is 11.9 Å². The number of ether oxygens (including phenoxy) is 2. The van der Waals surface area contributed by atoms with Gasteiger partial charge < -0.3 is 14.6 Å². The van der Waals surface area contributed by atoms with E-state index in [4.69, 9.17) is 9.47 Å². The molecule has 0 saturated heterocycles. The topological polar surface area (TPSA) is 51.6 Å². The van der Waals surface area contributed by atoms with Crippen molar-refractivity contribution in [3.05, 3.63) is 36.5 Å². The molecule has 1 aromatic heterocycles. The molecule has 3 unspecified atom stereocenters. The first-order valence-electron chi connectivity index (χ1n) is 7.09. The van der Waals surface area contributed by atoms with Gasteiger partial charge in [-0.25, -0.2) is 0 Å². The molecule has 1 aliphatic rings. The molecule has 0 radical (unpaired) electrons. The van der Waals surface area contributed by atoms with Crippen molar-refractivity contribution in [1.29, 1.82) is 0 Å². The first-order valence-corrected chi connectivity index (χ1v) is 7.09. The second kappa shape index (κ2) is 5.77. The number of para-hydroxylation sites is 1. The van der Waals surface area contributed by atoms with Gasteiger partial charge in [0.05, 0.1) is 6.10 Å².